The van der Waals surface area contributed by atoms with Gasteiger partial charge in [0.15, 0.2) is 0 Å². The molecule has 1 atom stereocenters. The molecule has 0 spiro atoms. The van der Waals surface area contributed by atoms with Gasteiger partial charge in [0.2, 0.25) is 0 Å². The van der Waals surface area contributed by atoms with E-state index in [1.54, 1.807) is 0 Å². The highest BCUT2D eigenvalue weighted by Crippen LogP contribution is 2.25. The SMILES string of the molecule is Cc1ccc(OCc2ccccc2)c(Pc2ccccc2N(C)C)c1. The van der Waals surface area contributed by atoms with Crippen LogP contribution in [0.2, 0.25) is 0 Å². The van der Waals surface area contributed by atoms with Gasteiger partial charge in [-0.1, -0.05) is 68.7 Å². The average Bonchev–Trinajstić information content (AvgIpc) is 2.62. The van der Waals surface area contributed by atoms with Gasteiger partial charge >= 0.3 is 0 Å². The van der Waals surface area contributed by atoms with Crippen molar-refractivity contribution in [2.24, 2.45) is 0 Å². The maximum Gasteiger partial charge on any atom is 0.127 e. The topological polar surface area (TPSA) is 12.5 Å². The molecule has 0 N–H and O–H groups in total. The Morgan fingerprint density at radius 1 is 0.840 bits per heavy atom. The number of para-hydroxylation sites is 1. The summed E-state index contributed by atoms with van der Waals surface area (Å²) in [5.41, 5.74) is 3.71. The van der Waals surface area contributed by atoms with Crippen LogP contribution in [0.4, 0.5) is 5.69 Å². The van der Waals surface area contributed by atoms with Crippen LogP contribution in [0.5, 0.6) is 5.75 Å². The molecule has 25 heavy (non-hydrogen) atoms. The van der Waals surface area contributed by atoms with Crippen LogP contribution in [0.15, 0.2) is 72.8 Å². The zero-order chi connectivity index (χ0) is 17.6. The van der Waals surface area contributed by atoms with E-state index in [-0.39, 0.29) is 0 Å². The molecule has 0 aliphatic rings. The van der Waals surface area contributed by atoms with Crippen molar-refractivity contribution < 1.29 is 4.74 Å². The molecule has 3 heteroatoms. The van der Waals surface area contributed by atoms with Crippen LogP contribution in [-0.2, 0) is 6.61 Å². The van der Waals surface area contributed by atoms with Gasteiger partial charge in [-0.3, -0.25) is 0 Å². The molecule has 0 amide bonds. The summed E-state index contributed by atoms with van der Waals surface area (Å²) in [6.07, 6.45) is 0. The molecular weight excluding hydrogens is 325 g/mol. The monoisotopic (exact) mass is 349 g/mol. The zero-order valence-corrected chi connectivity index (χ0v) is 16.0. The highest BCUT2D eigenvalue weighted by Gasteiger charge is 2.10. The number of hydrogen-bond donors (Lipinski definition) is 0. The molecule has 0 saturated heterocycles. The molecule has 0 saturated carbocycles. The molecular formula is C22H24NOP. The van der Waals surface area contributed by atoms with E-state index in [2.05, 4.69) is 80.5 Å². The lowest BCUT2D eigenvalue weighted by molar-refractivity contribution is 0.309. The normalized spacial score (nSPS) is 11.0. The van der Waals surface area contributed by atoms with E-state index >= 15 is 0 Å². The highest BCUT2D eigenvalue weighted by atomic mass is 31.1. The standard InChI is InChI=1S/C22H24NOP/c1-17-13-14-20(24-16-18-9-5-4-6-10-18)22(15-17)25-21-12-8-7-11-19(21)23(2)3/h4-15,25H,16H2,1-3H3. The first kappa shape index (κ1) is 17.5. The van der Waals surface area contributed by atoms with Gasteiger partial charge in [0.05, 0.1) is 0 Å². The largest absolute Gasteiger partial charge is 0.488 e. The van der Waals surface area contributed by atoms with Crippen LogP contribution < -0.4 is 20.2 Å². The molecule has 1 unspecified atom stereocenters. The Bertz CT molecular complexity index is 830. The Morgan fingerprint density at radius 3 is 2.32 bits per heavy atom. The van der Waals surface area contributed by atoms with Gasteiger partial charge in [0.25, 0.3) is 0 Å². The molecule has 3 aromatic carbocycles. The van der Waals surface area contributed by atoms with Crippen molar-refractivity contribution in [2.75, 3.05) is 19.0 Å². The van der Waals surface area contributed by atoms with E-state index in [1.165, 1.54) is 27.4 Å². The van der Waals surface area contributed by atoms with Gasteiger partial charge in [-0.15, -0.1) is 0 Å². The van der Waals surface area contributed by atoms with Gasteiger partial charge in [-0.05, 0) is 30.7 Å². The molecule has 3 rings (SSSR count). The molecule has 128 valence electrons. The molecule has 0 aliphatic carbocycles. The number of aryl methyl sites for hydroxylation is 1. The predicted octanol–water partition coefficient (Wildman–Crippen LogP) is 4.27. The summed E-state index contributed by atoms with van der Waals surface area (Å²) in [7, 11) is 4.74. The Morgan fingerprint density at radius 2 is 1.56 bits per heavy atom. The van der Waals surface area contributed by atoms with Crippen LogP contribution in [0, 0.1) is 6.92 Å². The van der Waals surface area contributed by atoms with E-state index in [0.717, 1.165) is 5.75 Å². The maximum atomic E-state index is 6.14. The van der Waals surface area contributed by atoms with Crippen molar-refractivity contribution in [3.8, 4) is 5.75 Å². The number of rotatable bonds is 6. The molecule has 0 bridgehead atoms. The van der Waals surface area contributed by atoms with Crippen LogP contribution in [0.3, 0.4) is 0 Å². The van der Waals surface area contributed by atoms with E-state index in [0.29, 0.717) is 15.2 Å². The van der Waals surface area contributed by atoms with Crippen molar-refractivity contribution >= 4 is 24.9 Å². The van der Waals surface area contributed by atoms with Gasteiger partial charge in [-0.25, -0.2) is 0 Å². The first-order valence-corrected chi connectivity index (χ1v) is 9.44. The lowest BCUT2D eigenvalue weighted by Gasteiger charge is -2.19. The third-order valence-electron chi connectivity index (χ3n) is 4.03. The molecule has 0 aromatic heterocycles. The van der Waals surface area contributed by atoms with Crippen LogP contribution >= 0.6 is 8.58 Å². The van der Waals surface area contributed by atoms with Crippen molar-refractivity contribution in [3.63, 3.8) is 0 Å². The quantitative estimate of drug-likeness (QED) is 0.616. The van der Waals surface area contributed by atoms with Crippen LogP contribution in [-0.4, -0.2) is 14.1 Å². The van der Waals surface area contributed by atoms with Crippen molar-refractivity contribution in [1.29, 1.82) is 0 Å². The summed E-state index contributed by atoms with van der Waals surface area (Å²) in [5.74, 6) is 0.973. The van der Waals surface area contributed by atoms with Crippen molar-refractivity contribution in [1.82, 2.24) is 0 Å². The van der Waals surface area contributed by atoms with Gasteiger partial charge < -0.3 is 9.64 Å². The fourth-order valence-corrected chi connectivity index (χ4v) is 4.20. The van der Waals surface area contributed by atoms with E-state index in [9.17, 15) is 0 Å². The maximum absolute atomic E-state index is 6.14. The number of benzene rings is 3. The first-order valence-electron chi connectivity index (χ1n) is 8.44. The lowest BCUT2D eigenvalue weighted by Crippen LogP contribution is -2.18. The van der Waals surface area contributed by atoms with Gasteiger partial charge in [-0.2, -0.15) is 0 Å². The zero-order valence-electron chi connectivity index (χ0n) is 15.0. The summed E-state index contributed by atoms with van der Waals surface area (Å²) in [4.78, 5) is 2.17. The molecule has 3 aromatic rings. The Labute approximate surface area is 152 Å². The number of ether oxygens (including phenoxy) is 1. The van der Waals surface area contributed by atoms with E-state index < -0.39 is 0 Å². The second kappa shape index (κ2) is 8.18. The van der Waals surface area contributed by atoms with E-state index in [1.807, 2.05) is 18.2 Å². The Balaban J connectivity index is 1.85. The number of nitrogens with zero attached hydrogens (tertiary/aromatic N) is 1. The Hall–Kier alpha value is -2.31. The summed E-state index contributed by atoms with van der Waals surface area (Å²) in [5, 5.41) is 2.59. The van der Waals surface area contributed by atoms with Crippen molar-refractivity contribution in [2.45, 2.75) is 13.5 Å². The minimum absolute atomic E-state index is 0.564. The van der Waals surface area contributed by atoms with Crippen molar-refractivity contribution in [3.05, 3.63) is 83.9 Å². The third kappa shape index (κ3) is 4.61. The minimum Gasteiger partial charge on any atom is -0.488 e. The molecule has 0 heterocycles. The fraction of sp³-hybridized carbons (Fsp3) is 0.182. The molecule has 0 aliphatic heterocycles. The lowest BCUT2D eigenvalue weighted by atomic mass is 10.2. The van der Waals surface area contributed by atoms with Gasteiger partial charge in [0, 0.05) is 30.4 Å². The molecule has 2 nitrogen and oxygen atoms in total. The second-order valence-electron chi connectivity index (χ2n) is 6.31. The molecule has 0 radical (unpaired) electrons. The first-order chi connectivity index (χ1) is 12.1. The highest BCUT2D eigenvalue weighted by molar-refractivity contribution is 7.56. The number of anilines is 1. The van der Waals surface area contributed by atoms with Gasteiger partial charge in [0.1, 0.15) is 12.4 Å². The predicted molar refractivity (Wildman–Crippen MR) is 110 cm³/mol. The Kier molecular flexibility index (Phi) is 5.73. The number of hydrogen-bond acceptors (Lipinski definition) is 2. The average molecular weight is 349 g/mol. The van der Waals surface area contributed by atoms with Crippen LogP contribution in [0.1, 0.15) is 11.1 Å². The summed E-state index contributed by atoms with van der Waals surface area (Å²) in [6, 6.07) is 25.3. The minimum atomic E-state index is 0.564. The fourth-order valence-electron chi connectivity index (χ4n) is 2.72. The summed E-state index contributed by atoms with van der Waals surface area (Å²) < 4.78 is 6.14. The summed E-state index contributed by atoms with van der Waals surface area (Å²) >= 11 is 0. The van der Waals surface area contributed by atoms with Crippen LogP contribution in [0.25, 0.3) is 0 Å². The third-order valence-corrected chi connectivity index (χ3v) is 5.38. The molecule has 0 fully saturated rings. The van der Waals surface area contributed by atoms with E-state index in [4.69, 9.17) is 4.74 Å². The second-order valence-corrected chi connectivity index (χ2v) is 7.64. The smallest absolute Gasteiger partial charge is 0.127 e. The summed E-state index contributed by atoms with van der Waals surface area (Å²) in [6.45, 7) is 2.73.